The van der Waals surface area contributed by atoms with Gasteiger partial charge in [-0.25, -0.2) is 0 Å². The van der Waals surface area contributed by atoms with Crippen LogP contribution >= 0.6 is 11.3 Å². The van der Waals surface area contributed by atoms with Gasteiger partial charge < -0.3 is 20.1 Å². The van der Waals surface area contributed by atoms with Gasteiger partial charge in [0.15, 0.2) is 11.5 Å². The van der Waals surface area contributed by atoms with Crippen molar-refractivity contribution in [2.75, 3.05) is 19.4 Å². The average molecular weight is 442 g/mol. The molecule has 0 aliphatic rings. The molecular weight excluding hydrogens is 418 g/mol. The lowest BCUT2D eigenvalue weighted by Gasteiger charge is -2.22. The number of amides is 1. The number of nitrogen functional groups attached to an aromatic ring is 1. The number of methoxy groups -OCH3 is 1. The molecule has 0 saturated heterocycles. The lowest BCUT2D eigenvalue weighted by Crippen LogP contribution is -2.30. The number of thiophene rings is 1. The van der Waals surface area contributed by atoms with Crippen molar-refractivity contribution in [3.05, 3.63) is 80.0 Å². The van der Waals surface area contributed by atoms with Gasteiger partial charge in [0, 0.05) is 29.6 Å². The first-order valence-corrected chi connectivity index (χ1v) is 10.5. The predicted octanol–water partition coefficient (Wildman–Crippen LogP) is 4.49. The molecule has 0 aliphatic carbocycles. The lowest BCUT2D eigenvalue weighted by atomic mass is 10.1. The number of hydrogen-bond donors (Lipinski definition) is 1. The zero-order chi connectivity index (χ0) is 22.4. The smallest absolute Gasteiger partial charge is 0.292 e. The van der Waals surface area contributed by atoms with Crippen molar-refractivity contribution in [2.24, 2.45) is 0 Å². The third-order valence-corrected chi connectivity index (χ3v) is 5.54. The van der Waals surface area contributed by atoms with Crippen LogP contribution in [0.5, 0.6) is 11.5 Å². The van der Waals surface area contributed by atoms with Gasteiger partial charge in [0.25, 0.3) is 11.6 Å². The number of hydrogen-bond acceptors (Lipinski definition) is 7. The van der Waals surface area contributed by atoms with Crippen LogP contribution in [-0.2, 0) is 13.2 Å². The number of carbonyl (C=O) groups is 1. The summed E-state index contributed by atoms with van der Waals surface area (Å²) < 4.78 is 11.3. The number of anilines is 1. The Morgan fingerprint density at radius 1 is 1.19 bits per heavy atom. The summed E-state index contributed by atoms with van der Waals surface area (Å²) >= 11 is 1.61. The highest BCUT2D eigenvalue weighted by atomic mass is 32.1. The van der Waals surface area contributed by atoms with Gasteiger partial charge in [0.1, 0.15) is 12.3 Å². The molecule has 162 valence electrons. The summed E-state index contributed by atoms with van der Waals surface area (Å²) in [5, 5.41) is 13.1. The number of benzene rings is 2. The van der Waals surface area contributed by atoms with Crippen LogP contribution < -0.4 is 15.2 Å². The molecule has 1 heterocycles. The van der Waals surface area contributed by atoms with Gasteiger partial charge in [0.2, 0.25) is 0 Å². The average Bonchev–Trinajstić information content (AvgIpc) is 3.29. The van der Waals surface area contributed by atoms with E-state index in [0.717, 1.165) is 10.4 Å². The van der Waals surface area contributed by atoms with Crippen molar-refractivity contribution < 1.29 is 19.2 Å². The van der Waals surface area contributed by atoms with Crippen molar-refractivity contribution in [1.82, 2.24) is 4.90 Å². The SMILES string of the molecule is CCN(Cc1ccc(OCc2cccs2)c(OC)c1)C(=O)c1ccc(N)c([N+](=O)[O-])c1. The zero-order valence-corrected chi connectivity index (χ0v) is 18.1. The van der Waals surface area contributed by atoms with Crippen LogP contribution in [0.1, 0.15) is 27.7 Å². The van der Waals surface area contributed by atoms with E-state index >= 15 is 0 Å². The molecule has 3 aromatic rings. The summed E-state index contributed by atoms with van der Waals surface area (Å²) in [6.45, 7) is 3.03. The summed E-state index contributed by atoms with van der Waals surface area (Å²) in [7, 11) is 1.56. The van der Waals surface area contributed by atoms with Crippen molar-refractivity contribution in [3.8, 4) is 11.5 Å². The van der Waals surface area contributed by atoms with E-state index in [4.69, 9.17) is 15.2 Å². The zero-order valence-electron chi connectivity index (χ0n) is 17.2. The van der Waals surface area contributed by atoms with Crippen molar-refractivity contribution in [3.63, 3.8) is 0 Å². The molecule has 0 radical (unpaired) electrons. The van der Waals surface area contributed by atoms with E-state index in [0.29, 0.717) is 31.2 Å². The minimum absolute atomic E-state index is 0.0208. The monoisotopic (exact) mass is 441 g/mol. The summed E-state index contributed by atoms with van der Waals surface area (Å²) in [5.41, 5.74) is 6.43. The molecule has 0 aliphatic heterocycles. The largest absolute Gasteiger partial charge is 0.493 e. The summed E-state index contributed by atoms with van der Waals surface area (Å²) in [5.74, 6) is 0.867. The Labute approximate surface area is 184 Å². The fraction of sp³-hybridized carbons (Fsp3) is 0.227. The van der Waals surface area contributed by atoms with Crippen LogP contribution in [0.15, 0.2) is 53.9 Å². The Kier molecular flexibility index (Phi) is 7.09. The molecule has 0 saturated carbocycles. The molecular formula is C22H23N3O5S. The molecule has 1 aromatic heterocycles. The van der Waals surface area contributed by atoms with Gasteiger partial charge in [-0.05, 0) is 48.2 Å². The number of ether oxygens (including phenoxy) is 2. The highest BCUT2D eigenvalue weighted by Gasteiger charge is 2.20. The van der Waals surface area contributed by atoms with E-state index in [1.54, 1.807) is 23.3 Å². The molecule has 0 atom stereocenters. The molecule has 0 spiro atoms. The highest BCUT2D eigenvalue weighted by molar-refractivity contribution is 7.09. The molecule has 0 unspecified atom stereocenters. The van der Waals surface area contributed by atoms with Gasteiger partial charge in [-0.1, -0.05) is 12.1 Å². The molecule has 2 aromatic carbocycles. The first-order valence-electron chi connectivity index (χ1n) is 9.58. The number of rotatable bonds is 9. The van der Waals surface area contributed by atoms with E-state index in [1.807, 2.05) is 42.6 Å². The van der Waals surface area contributed by atoms with Crippen LogP contribution in [0.4, 0.5) is 11.4 Å². The standard InChI is InChI=1S/C22H23N3O5S/c1-3-24(22(26)16-7-8-18(23)19(12-16)25(27)28)13-15-6-9-20(21(11-15)29-2)30-14-17-5-4-10-31-17/h4-12H,3,13-14,23H2,1-2H3. The maximum absolute atomic E-state index is 12.9. The van der Waals surface area contributed by atoms with E-state index in [-0.39, 0.29) is 22.8 Å². The summed E-state index contributed by atoms with van der Waals surface area (Å²) in [6, 6.07) is 13.6. The summed E-state index contributed by atoms with van der Waals surface area (Å²) in [6.07, 6.45) is 0. The maximum atomic E-state index is 12.9. The van der Waals surface area contributed by atoms with Crippen LogP contribution in [-0.4, -0.2) is 29.4 Å². The number of nitrogens with two attached hydrogens (primary N) is 1. The van der Waals surface area contributed by atoms with Crippen molar-refractivity contribution in [1.29, 1.82) is 0 Å². The number of nitrogens with zero attached hydrogens (tertiary/aromatic N) is 2. The molecule has 8 nitrogen and oxygen atoms in total. The second kappa shape index (κ2) is 9.94. The Bertz CT molecular complexity index is 1070. The minimum Gasteiger partial charge on any atom is -0.493 e. The van der Waals surface area contributed by atoms with E-state index in [2.05, 4.69) is 0 Å². The molecule has 31 heavy (non-hydrogen) atoms. The van der Waals surface area contributed by atoms with Crippen LogP contribution in [0.25, 0.3) is 0 Å². The second-order valence-corrected chi connectivity index (χ2v) is 7.74. The van der Waals surface area contributed by atoms with E-state index in [1.165, 1.54) is 18.2 Å². The Balaban J connectivity index is 1.75. The first kappa shape index (κ1) is 22.1. The minimum atomic E-state index is -0.595. The first-order chi connectivity index (χ1) is 14.9. The van der Waals surface area contributed by atoms with E-state index in [9.17, 15) is 14.9 Å². The number of nitro benzene ring substituents is 1. The molecule has 9 heteroatoms. The third-order valence-electron chi connectivity index (χ3n) is 4.69. The van der Waals surface area contributed by atoms with Gasteiger partial charge in [-0.3, -0.25) is 14.9 Å². The van der Waals surface area contributed by atoms with Gasteiger partial charge >= 0.3 is 0 Å². The lowest BCUT2D eigenvalue weighted by molar-refractivity contribution is -0.383. The number of carbonyl (C=O) groups excluding carboxylic acids is 1. The van der Waals surface area contributed by atoms with Crippen LogP contribution in [0.2, 0.25) is 0 Å². The van der Waals surface area contributed by atoms with Gasteiger partial charge in [0.05, 0.1) is 12.0 Å². The van der Waals surface area contributed by atoms with Crippen molar-refractivity contribution >= 4 is 28.6 Å². The Hall–Kier alpha value is -3.59. The maximum Gasteiger partial charge on any atom is 0.292 e. The predicted molar refractivity (Wildman–Crippen MR) is 120 cm³/mol. The highest BCUT2D eigenvalue weighted by Crippen LogP contribution is 2.30. The van der Waals surface area contributed by atoms with E-state index < -0.39 is 4.92 Å². The molecule has 1 amide bonds. The quantitative estimate of drug-likeness (QED) is 0.298. The third kappa shape index (κ3) is 5.32. The van der Waals surface area contributed by atoms with Gasteiger partial charge in [-0.15, -0.1) is 11.3 Å². The van der Waals surface area contributed by atoms with Crippen molar-refractivity contribution in [2.45, 2.75) is 20.1 Å². The Morgan fingerprint density at radius 3 is 2.65 bits per heavy atom. The van der Waals surface area contributed by atoms with Crippen LogP contribution in [0, 0.1) is 10.1 Å². The topological polar surface area (TPSA) is 108 Å². The fourth-order valence-corrected chi connectivity index (χ4v) is 3.65. The second-order valence-electron chi connectivity index (χ2n) is 6.70. The molecule has 3 rings (SSSR count). The van der Waals surface area contributed by atoms with Crippen LogP contribution in [0.3, 0.4) is 0 Å². The number of nitro groups is 1. The Morgan fingerprint density at radius 2 is 2.00 bits per heavy atom. The fourth-order valence-electron chi connectivity index (χ4n) is 3.04. The van der Waals surface area contributed by atoms with Gasteiger partial charge in [-0.2, -0.15) is 0 Å². The molecule has 0 bridgehead atoms. The summed E-state index contributed by atoms with van der Waals surface area (Å²) in [4.78, 5) is 26.2. The molecule has 0 fully saturated rings. The molecule has 2 N–H and O–H groups in total. The normalized spacial score (nSPS) is 10.5.